The molecule has 43 heavy (non-hydrogen) atoms. The Morgan fingerprint density at radius 2 is 1.70 bits per heavy atom. The quantitative estimate of drug-likeness (QED) is 0.0942. The molecule has 0 amide bonds. The molecule has 2 unspecified atom stereocenters. The van der Waals surface area contributed by atoms with E-state index in [-0.39, 0.29) is 12.0 Å². The zero-order chi connectivity index (χ0) is 29.9. The standard InChI is InChI=1S/C36H34N2O5/c1-4-23-22-38-19-17-27(23)20-33(38)35(30-16-18-37-32-15-14-29(41-3)21-31(30)32)43-36(40)26-8-6-24(7-9-26)25-10-12-28(13-11-25)42-34(39)5-2/h4-16,18,21,23,27,33,35H,1-2,17,19-20,22H2,3H3/t23-,27?,33-,35-/m0/s1. The Hall–Kier alpha value is -4.75. The van der Waals surface area contributed by atoms with Crippen LogP contribution in [0.4, 0.5) is 0 Å². The van der Waals surface area contributed by atoms with Crippen LogP contribution in [0.15, 0.2) is 104 Å². The number of aromatic nitrogens is 1. The molecule has 2 bridgehead atoms. The average molecular weight is 575 g/mol. The fourth-order valence-electron chi connectivity index (χ4n) is 6.42. The van der Waals surface area contributed by atoms with Gasteiger partial charge in [-0.3, -0.25) is 9.88 Å². The maximum Gasteiger partial charge on any atom is 0.338 e. The van der Waals surface area contributed by atoms with Gasteiger partial charge in [-0.1, -0.05) is 36.9 Å². The summed E-state index contributed by atoms with van der Waals surface area (Å²) >= 11 is 0. The van der Waals surface area contributed by atoms with Crippen LogP contribution < -0.4 is 9.47 Å². The van der Waals surface area contributed by atoms with Gasteiger partial charge in [0.2, 0.25) is 0 Å². The number of fused-ring (bicyclic) bond motifs is 4. The number of piperidine rings is 3. The van der Waals surface area contributed by atoms with Crippen LogP contribution in [-0.2, 0) is 9.53 Å². The summed E-state index contributed by atoms with van der Waals surface area (Å²) < 4.78 is 17.1. The first-order valence-corrected chi connectivity index (χ1v) is 14.5. The summed E-state index contributed by atoms with van der Waals surface area (Å²) in [5.74, 6) is 1.25. The number of nitrogens with zero attached hydrogens (tertiary/aromatic N) is 2. The van der Waals surface area contributed by atoms with Gasteiger partial charge in [-0.2, -0.15) is 0 Å². The molecule has 3 aliphatic heterocycles. The minimum Gasteiger partial charge on any atom is -0.497 e. The number of pyridine rings is 1. The van der Waals surface area contributed by atoms with Crippen LogP contribution in [0.2, 0.25) is 0 Å². The molecule has 1 aromatic heterocycles. The first-order chi connectivity index (χ1) is 21.0. The molecule has 218 valence electrons. The maximum absolute atomic E-state index is 13.7. The van der Waals surface area contributed by atoms with Crippen molar-refractivity contribution in [1.29, 1.82) is 0 Å². The highest BCUT2D eigenvalue weighted by Crippen LogP contribution is 2.44. The van der Waals surface area contributed by atoms with Crippen molar-refractivity contribution in [2.75, 3.05) is 20.2 Å². The molecule has 4 heterocycles. The highest BCUT2D eigenvalue weighted by atomic mass is 16.5. The van der Waals surface area contributed by atoms with Gasteiger partial charge in [-0.05, 0) is 90.9 Å². The van der Waals surface area contributed by atoms with Crippen molar-refractivity contribution in [3.8, 4) is 22.6 Å². The molecule has 7 nitrogen and oxygen atoms in total. The molecule has 0 N–H and O–H groups in total. The van der Waals surface area contributed by atoms with Gasteiger partial charge in [0.25, 0.3) is 0 Å². The Morgan fingerprint density at radius 1 is 0.977 bits per heavy atom. The normalized spacial score (nSPS) is 21.5. The third-order valence-corrected chi connectivity index (χ3v) is 8.72. The van der Waals surface area contributed by atoms with E-state index in [4.69, 9.17) is 14.2 Å². The van der Waals surface area contributed by atoms with Crippen molar-refractivity contribution < 1.29 is 23.8 Å². The third-order valence-electron chi connectivity index (χ3n) is 8.72. The molecule has 3 aromatic carbocycles. The lowest BCUT2D eigenvalue weighted by Crippen LogP contribution is -2.55. The van der Waals surface area contributed by atoms with E-state index in [9.17, 15) is 9.59 Å². The van der Waals surface area contributed by atoms with Crippen molar-refractivity contribution in [3.05, 3.63) is 115 Å². The number of carbonyl (C=O) groups is 2. The lowest BCUT2D eigenvalue weighted by atomic mass is 9.73. The number of methoxy groups -OCH3 is 1. The smallest absolute Gasteiger partial charge is 0.338 e. The monoisotopic (exact) mass is 574 g/mol. The van der Waals surface area contributed by atoms with Gasteiger partial charge in [0.1, 0.15) is 17.6 Å². The van der Waals surface area contributed by atoms with E-state index in [1.165, 1.54) is 0 Å². The van der Waals surface area contributed by atoms with Crippen LogP contribution in [0.1, 0.15) is 34.9 Å². The van der Waals surface area contributed by atoms with Crippen LogP contribution in [-0.4, -0.2) is 48.1 Å². The van der Waals surface area contributed by atoms with Crippen molar-refractivity contribution in [2.24, 2.45) is 11.8 Å². The predicted octanol–water partition coefficient (Wildman–Crippen LogP) is 6.80. The molecule has 0 radical (unpaired) electrons. The fraction of sp³-hybridized carbons (Fsp3) is 0.250. The number of esters is 2. The summed E-state index contributed by atoms with van der Waals surface area (Å²) in [6, 6.07) is 22.3. The molecule has 0 spiro atoms. The fourth-order valence-corrected chi connectivity index (χ4v) is 6.42. The Bertz CT molecular complexity index is 1660. The number of hydrogen-bond donors (Lipinski definition) is 0. The van der Waals surface area contributed by atoms with Crippen molar-refractivity contribution in [1.82, 2.24) is 9.88 Å². The first-order valence-electron chi connectivity index (χ1n) is 14.5. The van der Waals surface area contributed by atoms with Crippen LogP contribution in [0.25, 0.3) is 22.0 Å². The third kappa shape index (κ3) is 5.81. The van der Waals surface area contributed by atoms with E-state index in [0.717, 1.165) is 65.3 Å². The van der Waals surface area contributed by atoms with Gasteiger partial charge >= 0.3 is 11.9 Å². The second-order valence-corrected chi connectivity index (χ2v) is 11.1. The number of benzene rings is 3. The van der Waals surface area contributed by atoms with E-state index in [2.05, 4.69) is 29.1 Å². The lowest BCUT2D eigenvalue weighted by Gasteiger charge is -2.51. The summed E-state index contributed by atoms with van der Waals surface area (Å²) in [6.45, 7) is 9.37. The van der Waals surface area contributed by atoms with Crippen LogP contribution in [0, 0.1) is 11.8 Å². The Morgan fingerprint density at radius 3 is 2.35 bits per heavy atom. The molecule has 3 saturated heterocycles. The zero-order valence-corrected chi connectivity index (χ0v) is 24.1. The Balaban J connectivity index is 1.28. The molecule has 0 aliphatic carbocycles. The lowest BCUT2D eigenvalue weighted by molar-refractivity contribution is -0.128. The molecule has 7 rings (SSSR count). The van der Waals surface area contributed by atoms with Crippen LogP contribution >= 0.6 is 0 Å². The first kappa shape index (κ1) is 28.4. The largest absolute Gasteiger partial charge is 0.497 e. The van der Waals surface area contributed by atoms with Crippen LogP contribution in [0.3, 0.4) is 0 Å². The Kier molecular flexibility index (Phi) is 8.07. The molecule has 3 fully saturated rings. The number of hydrogen-bond acceptors (Lipinski definition) is 7. The molecule has 3 aliphatic rings. The molecular weight excluding hydrogens is 540 g/mol. The summed E-state index contributed by atoms with van der Waals surface area (Å²) in [4.78, 5) is 32.2. The van der Waals surface area contributed by atoms with E-state index in [1.807, 2.05) is 48.5 Å². The van der Waals surface area contributed by atoms with E-state index < -0.39 is 12.1 Å². The SMILES string of the molecule is C=CC(=O)Oc1ccc(-c2ccc(C(=O)O[C@@H](c3ccnc4ccc(OC)cc34)[C@@H]3CC4CCN3C[C@@H]4C=C)cc2)cc1. The van der Waals surface area contributed by atoms with Crippen molar-refractivity contribution >= 4 is 22.8 Å². The minimum atomic E-state index is -0.508. The summed E-state index contributed by atoms with van der Waals surface area (Å²) in [6.07, 6.45) is 6.55. The van der Waals surface area contributed by atoms with Gasteiger partial charge < -0.3 is 14.2 Å². The van der Waals surface area contributed by atoms with Gasteiger partial charge in [-0.25, -0.2) is 9.59 Å². The van der Waals surface area contributed by atoms with E-state index in [0.29, 0.717) is 23.1 Å². The van der Waals surface area contributed by atoms with Crippen LogP contribution in [0.5, 0.6) is 11.5 Å². The zero-order valence-electron chi connectivity index (χ0n) is 24.1. The molecular formula is C36H34N2O5. The van der Waals surface area contributed by atoms with E-state index >= 15 is 0 Å². The molecule has 0 saturated carbocycles. The molecule has 5 atom stereocenters. The van der Waals surface area contributed by atoms with Gasteiger partial charge in [0.15, 0.2) is 0 Å². The predicted molar refractivity (Wildman–Crippen MR) is 166 cm³/mol. The highest BCUT2D eigenvalue weighted by molar-refractivity contribution is 5.91. The van der Waals surface area contributed by atoms with Gasteiger partial charge in [0.05, 0.1) is 24.2 Å². The summed E-state index contributed by atoms with van der Waals surface area (Å²) in [5.41, 5.74) is 4.08. The Labute approximate surface area is 251 Å². The second-order valence-electron chi connectivity index (χ2n) is 11.1. The second kappa shape index (κ2) is 12.2. The number of rotatable bonds is 9. The molecule has 4 aromatic rings. The maximum atomic E-state index is 13.7. The minimum absolute atomic E-state index is 0.0451. The average Bonchev–Trinajstić information content (AvgIpc) is 3.07. The van der Waals surface area contributed by atoms with E-state index in [1.54, 1.807) is 37.6 Å². The van der Waals surface area contributed by atoms with Crippen molar-refractivity contribution in [2.45, 2.75) is 25.0 Å². The van der Waals surface area contributed by atoms with Gasteiger partial charge in [0, 0.05) is 29.8 Å². The van der Waals surface area contributed by atoms with Gasteiger partial charge in [-0.15, -0.1) is 6.58 Å². The topological polar surface area (TPSA) is 78.0 Å². The number of ether oxygens (including phenoxy) is 3. The highest BCUT2D eigenvalue weighted by Gasteiger charge is 2.44. The molecule has 7 heteroatoms. The summed E-state index contributed by atoms with van der Waals surface area (Å²) in [7, 11) is 1.64. The number of carbonyl (C=O) groups excluding carboxylic acids is 2. The van der Waals surface area contributed by atoms with Crippen molar-refractivity contribution in [3.63, 3.8) is 0 Å². The summed E-state index contributed by atoms with van der Waals surface area (Å²) in [5, 5.41) is 0.917.